The molecular formula is C21H25F3N2O3. The van der Waals surface area contributed by atoms with Gasteiger partial charge in [0.15, 0.2) is 0 Å². The standard InChI is InChI=1S/C19H24N2O.C2HF3O2/c1-4-16(15-11-7-6-8-12-15)19(22)20-17-13-9-10-14-18(17)21(3)5-2;3-2(4,5)1(6)7/h6-14,16H,4-5H2,1-3H3,(H,20,22);(H,6,7). The number of carbonyl (C=O) groups is 2. The summed E-state index contributed by atoms with van der Waals surface area (Å²) in [6, 6.07) is 17.9. The number of hydrogen-bond donors (Lipinski definition) is 2. The molecule has 0 aromatic heterocycles. The van der Waals surface area contributed by atoms with Crippen molar-refractivity contribution in [3.8, 4) is 0 Å². The molecule has 0 fully saturated rings. The summed E-state index contributed by atoms with van der Waals surface area (Å²) in [6.45, 7) is 5.03. The number of aliphatic carboxylic acids is 1. The Kier molecular flexibility index (Phi) is 9.18. The van der Waals surface area contributed by atoms with Gasteiger partial charge in [-0.3, -0.25) is 4.79 Å². The molecule has 0 spiro atoms. The van der Waals surface area contributed by atoms with Gasteiger partial charge < -0.3 is 15.3 Å². The minimum Gasteiger partial charge on any atom is -0.475 e. The maximum Gasteiger partial charge on any atom is 0.490 e. The molecule has 2 rings (SSSR count). The second-order valence-electron chi connectivity index (χ2n) is 6.20. The lowest BCUT2D eigenvalue weighted by molar-refractivity contribution is -0.192. The monoisotopic (exact) mass is 410 g/mol. The molecule has 5 nitrogen and oxygen atoms in total. The summed E-state index contributed by atoms with van der Waals surface area (Å²) < 4.78 is 31.7. The number of carboxylic acids is 1. The molecule has 0 bridgehead atoms. The SMILES string of the molecule is CCC(C(=O)Nc1ccccc1N(C)CC)c1ccccc1.O=C(O)C(F)(F)F. The summed E-state index contributed by atoms with van der Waals surface area (Å²) in [4.78, 5) is 23.7. The van der Waals surface area contributed by atoms with Gasteiger partial charge in [-0.2, -0.15) is 13.2 Å². The van der Waals surface area contributed by atoms with E-state index in [9.17, 15) is 18.0 Å². The molecule has 1 amide bonds. The molecule has 0 aliphatic heterocycles. The molecule has 2 N–H and O–H groups in total. The molecule has 0 saturated carbocycles. The number of benzene rings is 2. The van der Waals surface area contributed by atoms with Crippen LogP contribution in [-0.4, -0.2) is 36.8 Å². The quantitative estimate of drug-likeness (QED) is 0.710. The molecular weight excluding hydrogens is 385 g/mol. The zero-order valence-corrected chi connectivity index (χ0v) is 16.5. The number of anilines is 2. The number of rotatable bonds is 6. The second kappa shape index (κ2) is 11.1. The smallest absolute Gasteiger partial charge is 0.475 e. The van der Waals surface area contributed by atoms with Gasteiger partial charge in [-0.25, -0.2) is 4.79 Å². The van der Waals surface area contributed by atoms with Crippen LogP contribution in [0.2, 0.25) is 0 Å². The van der Waals surface area contributed by atoms with Gasteiger partial charge >= 0.3 is 12.1 Å². The van der Waals surface area contributed by atoms with Crippen LogP contribution in [0.4, 0.5) is 24.5 Å². The van der Waals surface area contributed by atoms with Crippen LogP contribution in [0.5, 0.6) is 0 Å². The lowest BCUT2D eigenvalue weighted by Gasteiger charge is -2.22. The van der Waals surface area contributed by atoms with Crippen LogP contribution in [0.15, 0.2) is 54.6 Å². The Labute approximate surface area is 168 Å². The van der Waals surface area contributed by atoms with Crippen molar-refractivity contribution >= 4 is 23.3 Å². The number of halogens is 3. The van der Waals surface area contributed by atoms with Gasteiger partial charge in [-0.1, -0.05) is 49.4 Å². The van der Waals surface area contributed by atoms with Gasteiger partial charge in [-0.05, 0) is 31.0 Å². The van der Waals surface area contributed by atoms with Gasteiger partial charge in [-0.15, -0.1) is 0 Å². The molecule has 0 aliphatic rings. The molecule has 0 aliphatic carbocycles. The van der Waals surface area contributed by atoms with Crippen molar-refractivity contribution in [2.75, 3.05) is 23.8 Å². The van der Waals surface area contributed by atoms with E-state index in [0.29, 0.717) is 0 Å². The number of carbonyl (C=O) groups excluding carboxylic acids is 1. The Bertz CT molecular complexity index is 795. The molecule has 2 aromatic rings. The number of nitrogens with one attached hydrogen (secondary N) is 1. The molecule has 8 heteroatoms. The Morgan fingerprint density at radius 3 is 2.03 bits per heavy atom. The van der Waals surface area contributed by atoms with Gasteiger partial charge in [0, 0.05) is 13.6 Å². The highest BCUT2D eigenvalue weighted by molar-refractivity contribution is 5.98. The fourth-order valence-electron chi connectivity index (χ4n) is 2.56. The number of para-hydroxylation sites is 2. The third-order valence-corrected chi connectivity index (χ3v) is 4.22. The zero-order valence-electron chi connectivity index (χ0n) is 16.5. The third-order valence-electron chi connectivity index (χ3n) is 4.22. The highest BCUT2D eigenvalue weighted by Gasteiger charge is 2.38. The summed E-state index contributed by atoms with van der Waals surface area (Å²) in [5, 5.41) is 10.2. The molecule has 2 aromatic carbocycles. The van der Waals surface area contributed by atoms with Crippen LogP contribution in [0, 0.1) is 0 Å². The fraction of sp³-hybridized carbons (Fsp3) is 0.333. The lowest BCUT2D eigenvalue weighted by atomic mass is 9.95. The lowest BCUT2D eigenvalue weighted by Crippen LogP contribution is -2.23. The minimum absolute atomic E-state index is 0.0469. The van der Waals surface area contributed by atoms with E-state index in [-0.39, 0.29) is 11.8 Å². The Morgan fingerprint density at radius 2 is 1.55 bits per heavy atom. The number of nitrogens with zero attached hydrogens (tertiary/aromatic N) is 1. The first-order valence-corrected chi connectivity index (χ1v) is 9.07. The number of carboxylic acid groups (broad SMARTS) is 1. The summed E-state index contributed by atoms with van der Waals surface area (Å²) in [5.41, 5.74) is 2.97. The molecule has 0 saturated heterocycles. The molecule has 0 heterocycles. The first-order chi connectivity index (χ1) is 13.6. The second-order valence-corrected chi connectivity index (χ2v) is 6.20. The average Bonchev–Trinajstić information content (AvgIpc) is 2.69. The maximum absolute atomic E-state index is 12.7. The normalized spacial score (nSPS) is 11.7. The Morgan fingerprint density at radius 1 is 1.03 bits per heavy atom. The Hall–Kier alpha value is -3.03. The maximum atomic E-state index is 12.7. The first kappa shape index (κ1) is 24.0. The largest absolute Gasteiger partial charge is 0.490 e. The average molecular weight is 410 g/mol. The van der Waals surface area contributed by atoms with Crippen LogP contribution in [-0.2, 0) is 9.59 Å². The van der Waals surface area contributed by atoms with Crippen LogP contribution < -0.4 is 10.2 Å². The fourth-order valence-corrected chi connectivity index (χ4v) is 2.56. The number of hydrogen-bond acceptors (Lipinski definition) is 3. The summed E-state index contributed by atoms with van der Waals surface area (Å²) in [5.74, 6) is -2.83. The zero-order chi connectivity index (χ0) is 22.0. The Balaban J connectivity index is 0.000000516. The van der Waals surface area contributed by atoms with Gasteiger partial charge in [0.2, 0.25) is 5.91 Å². The van der Waals surface area contributed by atoms with E-state index < -0.39 is 12.1 Å². The first-order valence-electron chi connectivity index (χ1n) is 9.07. The van der Waals surface area contributed by atoms with Crippen molar-refractivity contribution in [3.63, 3.8) is 0 Å². The molecule has 0 radical (unpaired) electrons. The van der Waals surface area contributed by atoms with E-state index in [2.05, 4.69) is 17.1 Å². The molecule has 1 unspecified atom stereocenters. The highest BCUT2D eigenvalue weighted by atomic mass is 19.4. The molecule has 29 heavy (non-hydrogen) atoms. The van der Waals surface area contributed by atoms with Crippen molar-refractivity contribution < 1.29 is 27.9 Å². The van der Waals surface area contributed by atoms with Crippen molar-refractivity contribution in [2.45, 2.75) is 32.4 Å². The van der Waals surface area contributed by atoms with E-state index in [1.165, 1.54) is 0 Å². The summed E-state index contributed by atoms with van der Waals surface area (Å²) in [7, 11) is 2.03. The third kappa shape index (κ3) is 7.48. The number of alkyl halides is 3. The summed E-state index contributed by atoms with van der Waals surface area (Å²) in [6.07, 6.45) is -4.30. The van der Waals surface area contributed by atoms with E-state index in [0.717, 1.165) is 29.9 Å². The summed E-state index contributed by atoms with van der Waals surface area (Å²) >= 11 is 0. The van der Waals surface area contributed by atoms with Gasteiger partial charge in [0.1, 0.15) is 0 Å². The van der Waals surface area contributed by atoms with Gasteiger partial charge in [0.05, 0.1) is 17.3 Å². The van der Waals surface area contributed by atoms with E-state index in [1.54, 1.807) is 0 Å². The van der Waals surface area contributed by atoms with E-state index >= 15 is 0 Å². The number of amides is 1. The highest BCUT2D eigenvalue weighted by Crippen LogP contribution is 2.27. The van der Waals surface area contributed by atoms with Crippen LogP contribution in [0.1, 0.15) is 31.7 Å². The van der Waals surface area contributed by atoms with Crippen molar-refractivity contribution in [1.29, 1.82) is 0 Å². The predicted octanol–water partition coefficient (Wildman–Crippen LogP) is 4.91. The van der Waals surface area contributed by atoms with Crippen LogP contribution >= 0.6 is 0 Å². The van der Waals surface area contributed by atoms with Crippen molar-refractivity contribution in [1.82, 2.24) is 0 Å². The predicted molar refractivity (Wildman–Crippen MR) is 107 cm³/mol. The van der Waals surface area contributed by atoms with Gasteiger partial charge in [0.25, 0.3) is 0 Å². The van der Waals surface area contributed by atoms with Crippen molar-refractivity contribution in [2.24, 2.45) is 0 Å². The molecule has 1 atom stereocenters. The molecule has 158 valence electrons. The van der Waals surface area contributed by atoms with Crippen LogP contribution in [0.25, 0.3) is 0 Å². The van der Waals surface area contributed by atoms with Crippen molar-refractivity contribution in [3.05, 3.63) is 60.2 Å². The van der Waals surface area contributed by atoms with E-state index in [4.69, 9.17) is 9.90 Å². The van der Waals surface area contributed by atoms with Crippen LogP contribution in [0.3, 0.4) is 0 Å². The van der Waals surface area contributed by atoms with E-state index in [1.807, 2.05) is 68.6 Å². The topological polar surface area (TPSA) is 69.6 Å². The minimum atomic E-state index is -5.08.